The summed E-state index contributed by atoms with van der Waals surface area (Å²) in [5, 5.41) is 12.3. The van der Waals surface area contributed by atoms with Crippen molar-refractivity contribution < 1.29 is 4.74 Å². The molecule has 0 saturated carbocycles. The summed E-state index contributed by atoms with van der Waals surface area (Å²) in [6.45, 7) is 16.3. The van der Waals surface area contributed by atoms with Gasteiger partial charge in [-0.3, -0.25) is 4.57 Å². The molecular weight excluding hydrogens is 675 g/mol. The highest BCUT2D eigenvalue weighted by Crippen LogP contribution is 2.47. The van der Waals surface area contributed by atoms with Crippen LogP contribution in [0.1, 0.15) is 70.7 Å². The van der Waals surface area contributed by atoms with Gasteiger partial charge in [-0.1, -0.05) is 84.9 Å². The standard InChI is InChI=1S/C49H49N5O/c1-32(2)23-35-25-34(30-50)26-36(24-33(3)4)48(35)53-31-52(44-17-10-11-18-45(44)53)38-13-12-14-39(28-38)55-40-19-20-42-41-15-8-9-16-43(41)54(46(42)29-40)47-27-37(21-22-51-47)49(5,6)7/h8-22,25-29,32-33H,23-24,31H2,1-7H3. The Hall–Kier alpha value is -6.06. The van der Waals surface area contributed by atoms with Gasteiger partial charge in [0.1, 0.15) is 24.0 Å². The van der Waals surface area contributed by atoms with Crippen molar-refractivity contribution in [3.63, 3.8) is 0 Å². The molecule has 0 bridgehead atoms. The maximum absolute atomic E-state index is 9.99. The molecule has 5 aromatic carbocycles. The Balaban J connectivity index is 1.17. The highest BCUT2D eigenvalue weighted by atomic mass is 16.5. The Morgan fingerprint density at radius 2 is 1.35 bits per heavy atom. The van der Waals surface area contributed by atoms with E-state index >= 15 is 0 Å². The van der Waals surface area contributed by atoms with Crippen molar-refractivity contribution in [2.45, 2.75) is 66.7 Å². The zero-order chi connectivity index (χ0) is 38.4. The molecule has 3 heterocycles. The molecule has 55 heavy (non-hydrogen) atoms. The number of pyridine rings is 1. The lowest BCUT2D eigenvalue weighted by Crippen LogP contribution is -2.26. The van der Waals surface area contributed by atoms with E-state index in [0.29, 0.717) is 18.5 Å². The van der Waals surface area contributed by atoms with Crippen molar-refractivity contribution in [2.24, 2.45) is 11.8 Å². The first-order valence-electron chi connectivity index (χ1n) is 19.5. The van der Waals surface area contributed by atoms with Crippen LogP contribution < -0.4 is 14.5 Å². The molecule has 0 N–H and O–H groups in total. The fraction of sp³-hybridized carbons (Fsp3) is 0.265. The topological polar surface area (TPSA) is 57.3 Å². The zero-order valence-electron chi connectivity index (χ0n) is 33.0. The van der Waals surface area contributed by atoms with Gasteiger partial charge in [0.05, 0.1) is 34.0 Å². The van der Waals surface area contributed by atoms with Crippen LogP contribution in [-0.4, -0.2) is 16.2 Å². The molecule has 0 atom stereocenters. The van der Waals surface area contributed by atoms with Gasteiger partial charge in [0.15, 0.2) is 0 Å². The van der Waals surface area contributed by atoms with Crippen LogP contribution in [0, 0.1) is 23.2 Å². The Morgan fingerprint density at radius 1 is 0.691 bits per heavy atom. The van der Waals surface area contributed by atoms with Gasteiger partial charge in [0.25, 0.3) is 0 Å². The van der Waals surface area contributed by atoms with E-state index in [1.807, 2.05) is 12.3 Å². The van der Waals surface area contributed by atoms with Crippen molar-refractivity contribution in [3.8, 4) is 23.4 Å². The molecule has 2 aromatic heterocycles. The molecule has 0 fully saturated rings. The normalized spacial score (nSPS) is 12.9. The highest BCUT2D eigenvalue weighted by Gasteiger charge is 2.31. The SMILES string of the molecule is CC(C)Cc1cc(C#N)cc(CC(C)C)c1N1CN(c2cccc(Oc3ccc4c5ccccc5n(-c5cc(C(C)(C)C)ccn5)c4c3)c2)c2ccccc21. The fourth-order valence-electron chi connectivity index (χ4n) is 8.11. The van der Waals surface area contributed by atoms with Crippen LogP contribution in [0.3, 0.4) is 0 Å². The van der Waals surface area contributed by atoms with Crippen LogP contribution in [0.5, 0.6) is 11.5 Å². The Kier molecular flexibility index (Phi) is 9.35. The molecule has 6 nitrogen and oxygen atoms in total. The molecule has 276 valence electrons. The van der Waals surface area contributed by atoms with Gasteiger partial charge >= 0.3 is 0 Å². The largest absolute Gasteiger partial charge is 0.457 e. The van der Waals surface area contributed by atoms with Crippen molar-refractivity contribution in [3.05, 3.63) is 144 Å². The van der Waals surface area contributed by atoms with Gasteiger partial charge in [0, 0.05) is 40.5 Å². The number of anilines is 4. The number of nitriles is 1. The van der Waals surface area contributed by atoms with E-state index in [-0.39, 0.29) is 5.41 Å². The molecule has 7 aromatic rings. The van der Waals surface area contributed by atoms with Crippen LogP contribution in [0.15, 0.2) is 121 Å². The predicted octanol–water partition coefficient (Wildman–Crippen LogP) is 12.8. The average Bonchev–Trinajstić information content (AvgIpc) is 3.70. The smallest absolute Gasteiger partial charge is 0.137 e. The van der Waals surface area contributed by atoms with Crippen LogP contribution in [0.25, 0.3) is 27.6 Å². The van der Waals surface area contributed by atoms with E-state index in [4.69, 9.17) is 9.72 Å². The number of rotatable bonds is 9. The predicted molar refractivity (Wildman–Crippen MR) is 228 cm³/mol. The molecule has 0 spiro atoms. The van der Waals surface area contributed by atoms with Crippen molar-refractivity contribution in [1.82, 2.24) is 9.55 Å². The number of ether oxygens (including phenoxy) is 1. The number of hydrogen-bond donors (Lipinski definition) is 0. The Morgan fingerprint density at radius 3 is 2.04 bits per heavy atom. The van der Waals surface area contributed by atoms with E-state index in [2.05, 4.69) is 178 Å². The van der Waals surface area contributed by atoms with E-state index in [1.54, 1.807) is 0 Å². The number of benzene rings is 5. The quantitative estimate of drug-likeness (QED) is 0.148. The molecule has 0 unspecified atom stereocenters. The summed E-state index contributed by atoms with van der Waals surface area (Å²) >= 11 is 0. The minimum Gasteiger partial charge on any atom is -0.457 e. The van der Waals surface area contributed by atoms with E-state index in [0.717, 1.165) is 69.2 Å². The summed E-state index contributed by atoms with van der Waals surface area (Å²) < 4.78 is 8.95. The third-order valence-electron chi connectivity index (χ3n) is 10.5. The van der Waals surface area contributed by atoms with E-state index in [1.165, 1.54) is 27.8 Å². The molecule has 6 heteroatoms. The molecule has 0 saturated heterocycles. The van der Waals surface area contributed by atoms with Crippen LogP contribution in [-0.2, 0) is 18.3 Å². The van der Waals surface area contributed by atoms with Gasteiger partial charge in [0.2, 0.25) is 0 Å². The fourth-order valence-corrected chi connectivity index (χ4v) is 8.11. The maximum atomic E-state index is 9.99. The van der Waals surface area contributed by atoms with Gasteiger partial charge < -0.3 is 14.5 Å². The number of hydrogen-bond acceptors (Lipinski definition) is 5. The third-order valence-corrected chi connectivity index (χ3v) is 10.5. The minimum atomic E-state index is -0.00259. The maximum Gasteiger partial charge on any atom is 0.137 e. The molecule has 0 amide bonds. The Labute approximate surface area is 325 Å². The summed E-state index contributed by atoms with van der Waals surface area (Å²) in [6.07, 6.45) is 3.72. The second-order valence-electron chi connectivity index (χ2n) is 16.7. The van der Waals surface area contributed by atoms with E-state index < -0.39 is 0 Å². The van der Waals surface area contributed by atoms with Crippen LogP contribution in [0.2, 0.25) is 0 Å². The van der Waals surface area contributed by atoms with Crippen molar-refractivity contribution >= 4 is 44.6 Å². The number of nitrogens with zero attached hydrogens (tertiary/aromatic N) is 5. The van der Waals surface area contributed by atoms with E-state index in [9.17, 15) is 5.26 Å². The lowest BCUT2D eigenvalue weighted by atomic mass is 9.88. The first-order valence-corrected chi connectivity index (χ1v) is 19.5. The minimum absolute atomic E-state index is 0.00259. The summed E-state index contributed by atoms with van der Waals surface area (Å²) in [7, 11) is 0. The summed E-state index contributed by atoms with van der Waals surface area (Å²) in [6, 6.07) is 42.9. The summed E-state index contributed by atoms with van der Waals surface area (Å²) in [5.74, 6) is 3.33. The highest BCUT2D eigenvalue weighted by molar-refractivity contribution is 6.09. The third kappa shape index (κ3) is 6.92. The zero-order valence-corrected chi connectivity index (χ0v) is 33.0. The summed E-state index contributed by atoms with van der Waals surface area (Å²) in [5.41, 5.74) is 11.2. The second-order valence-corrected chi connectivity index (χ2v) is 16.7. The van der Waals surface area contributed by atoms with Gasteiger partial charge in [-0.15, -0.1) is 0 Å². The van der Waals surface area contributed by atoms with Gasteiger partial charge in [-0.2, -0.15) is 5.26 Å². The summed E-state index contributed by atoms with van der Waals surface area (Å²) in [4.78, 5) is 9.68. The monoisotopic (exact) mass is 723 g/mol. The first-order chi connectivity index (χ1) is 26.5. The molecule has 8 rings (SSSR count). The van der Waals surface area contributed by atoms with Crippen LogP contribution in [0.4, 0.5) is 22.7 Å². The second kappa shape index (κ2) is 14.3. The van der Waals surface area contributed by atoms with Gasteiger partial charge in [-0.05, 0) is 114 Å². The number of aromatic nitrogens is 2. The molecular formula is C49H49N5O. The lowest BCUT2D eigenvalue weighted by molar-refractivity contribution is 0.483. The number of fused-ring (bicyclic) bond motifs is 4. The van der Waals surface area contributed by atoms with Crippen LogP contribution >= 0.6 is 0 Å². The molecule has 1 aliphatic rings. The van der Waals surface area contributed by atoms with Gasteiger partial charge in [-0.25, -0.2) is 4.98 Å². The molecule has 0 radical (unpaired) electrons. The Bertz CT molecular complexity index is 2550. The van der Waals surface area contributed by atoms with Crippen molar-refractivity contribution in [1.29, 1.82) is 5.26 Å². The molecule has 1 aliphatic heterocycles. The lowest BCUT2D eigenvalue weighted by Gasteiger charge is -2.28. The van der Waals surface area contributed by atoms with Crippen molar-refractivity contribution in [2.75, 3.05) is 16.5 Å². The molecule has 0 aliphatic carbocycles. The first kappa shape index (κ1) is 35.9. The average molecular weight is 724 g/mol. The number of para-hydroxylation sites is 3.